The van der Waals surface area contributed by atoms with E-state index in [1.54, 1.807) is 12.6 Å². The van der Waals surface area contributed by atoms with Gasteiger partial charge in [0.2, 0.25) is 5.13 Å². The molecular formula is C14H16N4O2S. The van der Waals surface area contributed by atoms with Gasteiger partial charge in [0.25, 0.3) is 0 Å². The number of methoxy groups -OCH3 is 1. The van der Waals surface area contributed by atoms with E-state index in [2.05, 4.69) is 15.5 Å². The summed E-state index contributed by atoms with van der Waals surface area (Å²) in [5, 5.41) is 10.9. The molecule has 1 aliphatic heterocycles. The Morgan fingerprint density at radius 2 is 2.24 bits per heavy atom. The zero-order valence-corrected chi connectivity index (χ0v) is 12.5. The van der Waals surface area contributed by atoms with E-state index in [0.717, 1.165) is 30.7 Å². The van der Waals surface area contributed by atoms with E-state index < -0.39 is 0 Å². The lowest BCUT2D eigenvalue weighted by atomic mass is 10.0. The third kappa shape index (κ3) is 2.97. The van der Waals surface area contributed by atoms with Gasteiger partial charge in [0.05, 0.1) is 13.2 Å². The Morgan fingerprint density at radius 1 is 1.43 bits per heavy atom. The molecule has 2 amide bonds. The molecule has 2 heterocycles. The van der Waals surface area contributed by atoms with E-state index in [9.17, 15) is 4.79 Å². The van der Waals surface area contributed by atoms with Crippen LogP contribution in [0.15, 0.2) is 29.8 Å². The second-order valence-corrected chi connectivity index (χ2v) is 5.63. The number of urea groups is 1. The molecule has 0 spiro atoms. The van der Waals surface area contributed by atoms with Crippen LogP contribution in [0.5, 0.6) is 5.75 Å². The minimum absolute atomic E-state index is 0.101. The molecule has 1 N–H and O–H groups in total. The number of hydrogen-bond acceptors (Lipinski definition) is 5. The predicted octanol–water partition coefficient (Wildman–Crippen LogP) is 2.92. The molecule has 0 saturated carbocycles. The van der Waals surface area contributed by atoms with Crippen LogP contribution in [0.4, 0.5) is 9.93 Å². The normalized spacial score (nSPS) is 17.8. The molecule has 0 aliphatic carbocycles. The number of nitrogens with one attached hydrogen (secondary N) is 1. The third-order valence-electron chi connectivity index (χ3n) is 3.59. The molecule has 21 heavy (non-hydrogen) atoms. The number of carbonyl (C=O) groups excluding carboxylic acids is 1. The highest BCUT2D eigenvalue weighted by Gasteiger charge is 2.30. The average molecular weight is 304 g/mol. The van der Waals surface area contributed by atoms with Gasteiger partial charge >= 0.3 is 6.03 Å². The van der Waals surface area contributed by atoms with Gasteiger partial charge in [0.15, 0.2) is 0 Å². The van der Waals surface area contributed by atoms with Crippen molar-refractivity contribution in [2.75, 3.05) is 19.0 Å². The van der Waals surface area contributed by atoms with Crippen LogP contribution in [-0.4, -0.2) is 34.8 Å². The lowest BCUT2D eigenvalue weighted by molar-refractivity contribution is 0.207. The number of hydrogen-bond donors (Lipinski definition) is 1. The second kappa shape index (κ2) is 6.09. The topological polar surface area (TPSA) is 67.3 Å². The zero-order valence-electron chi connectivity index (χ0n) is 11.7. The molecule has 1 aromatic heterocycles. The largest absolute Gasteiger partial charge is 0.497 e. The highest BCUT2D eigenvalue weighted by molar-refractivity contribution is 7.13. The standard InChI is InChI=1S/C14H16N4O2S/c1-20-11-6-4-10(5-7-11)12-3-2-8-18(12)14(19)16-13-17-15-9-21-13/h4-7,9,12H,2-3,8H2,1H3,(H,16,17,19)/t12-/m0/s1. The van der Waals surface area contributed by atoms with Crippen LogP contribution >= 0.6 is 11.3 Å². The first-order valence-electron chi connectivity index (χ1n) is 6.75. The molecule has 0 radical (unpaired) electrons. The van der Waals surface area contributed by atoms with E-state index in [1.807, 2.05) is 29.2 Å². The van der Waals surface area contributed by atoms with Crippen LogP contribution in [0.1, 0.15) is 24.4 Å². The molecule has 7 heteroatoms. The highest BCUT2D eigenvalue weighted by atomic mass is 32.1. The van der Waals surface area contributed by atoms with Crippen molar-refractivity contribution < 1.29 is 9.53 Å². The Kier molecular flexibility index (Phi) is 4.01. The Balaban J connectivity index is 1.73. The van der Waals surface area contributed by atoms with Crippen molar-refractivity contribution in [3.8, 4) is 5.75 Å². The molecule has 110 valence electrons. The van der Waals surface area contributed by atoms with Gasteiger partial charge in [-0.15, -0.1) is 10.2 Å². The smallest absolute Gasteiger partial charge is 0.324 e. The van der Waals surface area contributed by atoms with Crippen LogP contribution in [0.3, 0.4) is 0 Å². The van der Waals surface area contributed by atoms with Crippen molar-refractivity contribution in [3.05, 3.63) is 35.3 Å². The monoisotopic (exact) mass is 304 g/mol. The predicted molar refractivity (Wildman–Crippen MR) is 80.6 cm³/mol. The third-order valence-corrected chi connectivity index (χ3v) is 4.19. The molecular weight excluding hydrogens is 288 g/mol. The minimum atomic E-state index is -0.120. The Labute approximate surface area is 126 Å². The number of carbonyl (C=O) groups is 1. The molecule has 1 fully saturated rings. The highest BCUT2D eigenvalue weighted by Crippen LogP contribution is 2.33. The number of aromatic nitrogens is 2. The first kappa shape index (κ1) is 13.8. The maximum atomic E-state index is 12.3. The van der Waals surface area contributed by atoms with Crippen LogP contribution in [0.2, 0.25) is 0 Å². The Bertz CT molecular complexity index is 600. The number of anilines is 1. The summed E-state index contributed by atoms with van der Waals surface area (Å²) in [7, 11) is 1.65. The molecule has 0 unspecified atom stereocenters. The van der Waals surface area contributed by atoms with Crippen molar-refractivity contribution in [1.29, 1.82) is 0 Å². The van der Waals surface area contributed by atoms with Crippen LogP contribution < -0.4 is 10.1 Å². The molecule has 1 aliphatic rings. The van der Waals surface area contributed by atoms with E-state index in [4.69, 9.17) is 4.74 Å². The van der Waals surface area contributed by atoms with E-state index in [0.29, 0.717) is 5.13 Å². The molecule has 6 nitrogen and oxygen atoms in total. The first-order chi connectivity index (χ1) is 10.3. The number of nitrogens with zero attached hydrogens (tertiary/aromatic N) is 3. The number of rotatable bonds is 3. The molecule has 2 aromatic rings. The van der Waals surface area contributed by atoms with Gasteiger partial charge in [0.1, 0.15) is 11.3 Å². The van der Waals surface area contributed by atoms with Gasteiger partial charge < -0.3 is 9.64 Å². The lowest BCUT2D eigenvalue weighted by Gasteiger charge is -2.24. The summed E-state index contributed by atoms with van der Waals surface area (Å²) < 4.78 is 5.17. The van der Waals surface area contributed by atoms with Gasteiger partial charge in [-0.3, -0.25) is 5.32 Å². The van der Waals surface area contributed by atoms with Gasteiger partial charge in [-0.2, -0.15) is 0 Å². The number of benzene rings is 1. The summed E-state index contributed by atoms with van der Waals surface area (Å²) in [6.07, 6.45) is 1.97. The van der Waals surface area contributed by atoms with Crippen molar-refractivity contribution in [2.45, 2.75) is 18.9 Å². The van der Waals surface area contributed by atoms with E-state index in [-0.39, 0.29) is 12.1 Å². The fourth-order valence-electron chi connectivity index (χ4n) is 2.57. The minimum Gasteiger partial charge on any atom is -0.497 e. The Hall–Kier alpha value is -2.15. The lowest BCUT2D eigenvalue weighted by Crippen LogP contribution is -2.34. The van der Waals surface area contributed by atoms with Gasteiger partial charge in [-0.1, -0.05) is 23.5 Å². The number of likely N-dealkylation sites (tertiary alicyclic amines) is 1. The van der Waals surface area contributed by atoms with E-state index >= 15 is 0 Å². The van der Waals surface area contributed by atoms with Crippen LogP contribution in [-0.2, 0) is 0 Å². The van der Waals surface area contributed by atoms with Crippen molar-refractivity contribution >= 4 is 22.5 Å². The zero-order chi connectivity index (χ0) is 14.7. The maximum Gasteiger partial charge on any atom is 0.324 e. The van der Waals surface area contributed by atoms with Gasteiger partial charge in [0, 0.05) is 6.54 Å². The number of amides is 2. The van der Waals surface area contributed by atoms with E-state index in [1.165, 1.54) is 11.3 Å². The summed E-state index contributed by atoms with van der Waals surface area (Å²) in [5.74, 6) is 0.821. The Morgan fingerprint density at radius 3 is 2.90 bits per heavy atom. The van der Waals surface area contributed by atoms with Crippen LogP contribution in [0, 0.1) is 0 Å². The summed E-state index contributed by atoms with van der Waals surface area (Å²) >= 11 is 1.31. The summed E-state index contributed by atoms with van der Waals surface area (Å²) in [6, 6.07) is 7.86. The quantitative estimate of drug-likeness (QED) is 0.946. The first-order valence-corrected chi connectivity index (χ1v) is 7.63. The van der Waals surface area contributed by atoms with Crippen molar-refractivity contribution in [2.24, 2.45) is 0 Å². The fourth-order valence-corrected chi connectivity index (χ4v) is 3.01. The fraction of sp³-hybridized carbons (Fsp3) is 0.357. The van der Waals surface area contributed by atoms with Crippen molar-refractivity contribution in [3.63, 3.8) is 0 Å². The molecule has 0 bridgehead atoms. The molecule has 1 atom stereocenters. The SMILES string of the molecule is COc1ccc([C@@H]2CCCN2C(=O)Nc2nncs2)cc1. The summed E-state index contributed by atoms with van der Waals surface area (Å²) in [5.41, 5.74) is 2.72. The molecule has 1 aromatic carbocycles. The summed E-state index contributed by atoms with van der Waals surface area (Å²) in [6.45, 7) is 0.751. The number of ether oxygens (including phenoxy) is 1. The van der Waals surface area contributed by atoms with Gasteiger partial charge in [-0.05, 0) is 30.5 Å². The molecule has 3 rings (SSSR count). The summed E-state index contributed by atoms with van der Waals surface area (Å²) in [4.78, 5) is 14.2. The second-order valence-electron chi connectivity index (χ2n) is 4.80. The maximum absolute atomic E-state index is 12.3. The molecule has 1 saturated heterocycles. The van der Waals surface area contributed by atoms with Crippen LogP contribution in [0.25, 0.3) is 0 Å². The van der Waals surface area contributed by atoms with Gasteiger partial charge in [-0.25, -0.2) is 4.79 Å². The average Bonchev–Trinajstić information content (AvgIpc) is 3.18. The van der Waals surface area contributed by atoms with Crippen molar-refractivity contribution in [1.82, 2.24) is 15.1 Å².